The highest BCUT2D eigenvalue weighted by Crippen LogP contribution is 2.17. The molecule has 1 aliphatic heterocycles. The zero-order chi connectivity index (χ0) is 19.1. The van der Waals surface area contributed by atoms with Gasteiger partial charge in [0, 0.05) is 39.8 Å². The third kappa shape index (κ3) is 5.06. The van der Waals surface area contributed by atoms with Gasteiger partial charge in [-0.05, 0) is 25.7 Å². The molecular weight excluding hydrogens is 346 g/mol. The predicted molar refractivity (Wildman–Crippen MR) is 104 cm³/mol. The van der Waals surface area contributed by atoms with Crippen LogP contribution in [0.3, 0.4) is 0 Å². The van der Waals surface area contributed by atoms with Gasteiger partial charge in [0.15, 0.2) is 5.65 Å². The summed E-state index contributed by atoms with van der Waals surface area (Å²) in [4.78, 5) is 22.9. The summed E-state index contributed by atoms with van der Waals surface area (Å²) >= 11 is 0. The zero-order valence-corrected chi connectivity index (χ0v) is 16.1. The van der Waals surface area contributed by atoms with Crippen LogP contribution in [0.2, 0.25) is 0 Å². The van der Waals surface area contributed by atoms with Crippen molar-refractivity contribution in [3.05, 3.63) is 12.5 Å². The normalized spacial score (nSPS) is 17.0. The van der Waals surface area contributed by atoms with E-state index in [1.807, 2.05) is 11.9 Å². The number of aryl methyl sites for hydroxylation is 1. The molecule has 1 unspecified atom stereocenters. The molecule has 0 aliphatic carbocycles. The monoisotopic (exact) mass is 375 g/mol. The number of carbonyl (C=O) groups excluding carboxylic acids is 1. The molecule has 2 aromatic heterocycles. The molecule has 0 spiro atoms. The second kappa shape index (κ2) is 9.50. The van der Waals surface area contributed by atoms with E-state index >= 15 is 0 Å². The Labute approximate surface area is 159 Å². The largest absolute Gasteiger partial charge is 0.376 e. The Bertz CT molecular complexity index is 742. The highest BCUT2D eigenvalue weighted by Gasteiger charge is 2.20. The second-order valence-electron chi connectivity index (χ2n) is 6.82. The number of fused-ring (bicyclic) bond motifs is 1. The SMILES string of the molecule is CCCN(CC1CCCCO1)C(=O)NCCNc1ncnc2c1cnn2C. The predicted octanol–water partition coefficient (Wildman–Crippen LogP) is 1.77. The fourth-order valence-electron chi connectivity index (χ4n) is 3.31. The van der Waals surface area contributed by atoms with E-state index in [1.165, 1.54) is 12.7 Å². The first-order valence-corrected chi connectivity index (χ1v) is 9.70. The van der Waals surface area contributed by atoms with Crippen LogP contribution < -0.4 is 10.6 Å². The lowest BCUT2D eigenvalue weighted by Gasteiger charge is -2.30. The van der Waals surface area contributed by atoms with Crippen LogP contribution in [0, 0.1) is 0 Å². The van der Waals surface area contributed by atoms with E-state index in [9.17, 15) is 4.79 Å². The molecule has 9 nitrogen and oxygen atoms in total. The fourth-order valence-corrected chi connectivity index (χ4v) is 3.31. The summed E-state index contributed by atoms with van der Waals surface area (Å²) in [6, 6.07) is -0.0398. The van der Waals surface area contributed by atoms with E-state index in [-0.39, 0.29) is 12.1 Å². The van der Waals surface area contributed by atoms with Crippen molar-refractivity contribution in [2.75, 3.05) is 38.1 Å². The number of anilines is 1. The molecule has 0 aromatic carbocycles. The summed E-state index contributed by atoms with van der Waals surface area (Å²) in [5.41, 5.74) is 0.776. The molecule has 1 saturated heterocycles. The van der Waals surface area contributed by atoms with Crippen molar-refractivity contribution in [2.45, 2.75) is 38.7 Å². The summed E-state index contributed by atoms with van der Waals surface area (Å²) in [6.07, 6.45) is 7.67. The molecule has 2 N–H and O–H groups in total. The van der Waals surface area contributed by atoms with E-state index in [0.717, 1.165) is 49.3 Å². The van der Waals surface area contributed by atoms with Gasteiger partial charge in [-0.25, -0.2) is 14.8 Å². The summed E-state index contributed by atoms with van der Waals surface area (Å²) in [7, 11) is 1.84. The van der Waals surface area contributed by atoms with Gasteiger partial charge in [0.05, 0.1) is 17.7 Å². The van der Waals surface area contributed by atoms with E-state index in [1.54, 1.807) is 10.9 Å². The Morgan fingerprint density at radius 3 is 3.04 bits per heavy atom. The van der Waals surface area contributed by atoms with Gasteiger partial charge in [-0.2, -0.15) is 5.10 Å². The number of hydrogen-bond acceptors (Lipinski definition) is 6. The third-order valence-electron chi connectivity index (χ3n) is 4.70. The standard InChI is InChI=1S/C18H29N7O2/c1-3-9-25(12-14-6-4-5-10-27-14)18(26)20-8-7-19-16-15-11-23-24(2)17(15)22-13-21-16/h11,13-14H,3-10,12H2,1-2H3,(H,20,26)(H,19,21,22). The molecule has 0 saturated carbocycles. The first-order valence-electron chi connectivity index (χ1n) is 9.70. The van der Waals surface area contributed by atoms with Crippen molar-refractivity contribution >= 4 is 22.9 Å². The van der Waals surface area contributed by atoms with Crippen molar-refractivity contribution in [1.29, 1.82) is 0 Å². The minimum absolute atomic E-state index is 0.0398. The number of aromatic nitrogens is 4. The summed E-state index contributed by atoms with van der Waals surface area (Å²) in [5, 5.41) is 11.3. The van der Waals surface area contributed by atoms with Gasteiger partial charge in [-0.3, -0.25) is 4.68 Å². The summed E-state index contributed by atoms with van der Waals surface area (Å²) in [6.45, 7) is 5.37. The lowest BCUT2D eigenvalue weighted by atomic mass is 10.1. The highest BCUT2D eigenvalue weighted by atomic mass is 16.5. The van der Waals surface area contributed by atoms with Crippen LogP contribution in [-0.2, 0) is 11.8 Å². The number of amides is 2. The van der Waals surface area contributed by atoms with Gasteiger partial charge >= 0.3 is 6.03 Å². The molecule has 3 heterocycles. The average Bonchev–Trinajstić information content (AvgIpc) is 3.07. The minimum Gasteiger partial charge on any atom is -0.376 e. The Kier molecular flexibility index (Phi) is 6.80. The van der Waals surface area contributed by atoms with Gasteiger partial charge in [0.2, 0.25) is 0 Å². The van der Waals surface area contributed by atoms with Crippen LogP contribution in [-0.4, -0.2) is 69.6 Å². The smallest absolute Gasteiger partial charge is 0.317 e. The molecule has 1 atom stereocenters. The van der Waals surface area contributed by atoms with Crippen molar-refractivity contribution in [2.24, 2.45) is 7.05 Å². The molecule has 9 heteroatoms. The van der Waals surface area contributed by atoms with E-state index < -0.39 is 0 Å². The van der Waals surface area contributed by atoms with Crippen molar-refractivity contribution < 1.29 is 9.53 Å². The number of rotatable bonds is 8. The fraction of sp³-hybridized carbons (Fsp3) is 0.667. The van der Waals surface area contributed by atoms with Crippen LogP contribution in [0.5, 0.6) is 0 Å². The maximum Gasteiger partial charge on any atom is 0.317 e. The van der Waals surface area contributed by atoms with Crippen LogP contribution in [0.25, 0.3) is 11.0 Å². The van der Waals surface area contributed by atoms with E-state index in [4.69, 9.17) is 4.74 Å². The van der Waals surface area contributed by atoms with E-state index in [0.29, 0.717) is 19.6 Å². The molecular formula is C18H29N7O2. The first kappa shape index (κ1) is 19.3. The number of hydrogen-bond donors (Lipinski definition) is 2. The molecule has 0 bridgehead atoms. The molecule has 27 heavy (non-hydrogen) atoms. The van der Waals surface area contributed by atoms with Crippen molar-refractivity contribution in [1.82, 2.24) is 30.0 Å². The number of ether oxygens (including phenoxy) is 1. The van der Waals surface area contributed by atoms with Gasteiger partial charge in [0.1, 0.15) is 12.1 Å². The molecule has 2 amide bonds. The first-order chi connectivity index (χ1) is 13.2. The molecule has 148 valence electrons. The van der Waals surface area contributed by atoms with E-state index in [2.05, 4.69) is 32.6 Å². The number of urea groups is 1. The molecule has 0 radical (unpaired) electrons. The van der Waals surface area contributed by atoms with Gasteiger partial charge < -0.3 is 20.3 Å². The van der Waals surface area contributed by atoms with Gasteiger partial charge in [-0.15, -0.1) is 0 Å². The Morgan fingerprint density at radius 1 is 1.37 bits per heavy atom. The quantitative estimate of drug-likeness (QED) is 0.683. The zero-order valence-electron chi connectivity index (χ0n) is 16.1. The molecule has 3 rings (SSSR count). The van der Waals surface area contributed by atoms with Crippen LogP contribution in [0.1, 0.15) is 32.6 Å². The Morgan fingerprint density at radius 2 is 2.26 bits per heavy atom. The maximum atomic E-state index is 12.5. The number of carbonyl (C=O) groups is 1. The Hall–Kier alpha value is -2.42. The highest BCUT2D eigenvalue weighted by molar-refractivity contribution is 5.85. The molecule has 1 fully saturated rings. The molecule has 2 aromatic rings. The molecule has 1 aliphatic rings. The van der Waals surface area contributed by atoms with Crippen LogP contribution >= 0.6 is 0 Å². The minimum atomic E-state index is -0.0398. The van der Waals surface area contributed by atoms with Gasteiger partial charge in [-0.1, -0.05) is 6.92 Å². The maximum absolute atomic E-state index is 12.5. The number of nitrogens with zero attached hydrogens (tertiary/aromatic N) is 5. The summed E-state index contributed by atoms with van der Waals surface area (Å²) in [5.74, 6) is 0.725. The number of nitrogens with one attached hydrogen (secondary N) is 2. The van der Waals surface area contributed by atoms with Gasteiger partial charge in [0.25, 0.3) is 0 Å². The lowest BCUT2D eigenvalue weighted by Crippen LogP contribution is -2.46. The van der Waals surface area contributed by atoms with Crippen LogP contribution in [0.4, 0.5) is 10.6 Å². The summed E-state index contributed by atoms with van der Waals surface area (Å²) < 4.78 is 7.48. The lowest BCUT2D eigenvalue weighted by molar-refractivity contribution is 0.000747. The van der Waals surface area contributed by atoms with Crippen molar-refractivity contribution in [3.8, 4) is 0 Å². The van der Waals surface area contributed by atoms with Crippen molar-refractivity contribution in [3.63, 3.8) is 0 Å². The van der Waals surface area contributed by atoms with Crippen LogP contribution in [0.15, 0.2) is 12.5 Å². The second-order valence-corrected chi connectivity index (χ2v) is 6.82. The third-order valence-corrected chi connectivity index (χ3v) is 4.70. The Balaban J connectivity index is 1.46. The topological polar surface area (TPSA) is 97.2 Å². The average molecular weight is 375 g/mol.